The van der Waals surface area contributed by atoms with Crippen molar-refractivity contribution in [2.75, 3.05) is 5.73 Å². The number of fused-ring (bicyclic) bond motifs is 1. The number of phenolic OH excluding ortho intramolecular Hbond substituents is 1. The number of rotatable bonds is 1. The number of nitrogen functional groups attached to an aromatic ring is 1. The highest BCUT2D eigenvalue weighted by molar-refractivity contribution is 6.42. The molecule has 4 nitrogen and oxygen atoms in total. The van der Waals surface area contributed by atoms with Crippen molar-refractivity contribution in [2.45, 2.75) is 0 Å². The van der Waals surface area contributed by atoms with Gasteiger partial charge in [0.2, 0.25) is 0 Å². The third-order valence-electron chi connectivity index (χ3n) is 2.83. The number of phenols is 1. The minimum Gasteiger partial charge on any atom is -0.506 e. The average molecular weight is 294 g/mol. The Morgan fingerprint density at radius 2 is 1.84 bits per heavy atom. The fourth-order valence-electron chi connectivity index (χ4n) is 1.83. The first-order chi connectivity index (χ1) is 9.04. The number of aromatic hydroxyl groups is 1. The van der Waals surface area contributed by atoms with Gasteiger partial charge in [-0.3, -0.25) is 0 Å². The summed E-state index contributed by atoms with van der Waals surface area (Å²) in [6, 6.07) is 8.35. The third kappa shape index (κ3) is 2.09. The molecule has 0 aliphatic carbocycles. The van der Waals surface area contributed by atoms with Gasteiger partial charge >= 0.3 is 0 Å². The molecular weight excluding hydrogens is 285 g/mol. The van der Waals surface area contributed by atoms with Crippen molar-refractivity contribution < 1.29 is 5.11 Å². The fraction of sp³-hybridized carbons (Fsp3) is 0. The van der Waals surface area contributed by atoms with Crippen molar-refractivity contribution in [3.8, 4) is 17.1 Å². The van der Waals surface area contributed by atoms with Crippen LogP contribution < -0.4 is 5.73 Å². The number of nitrogens with zero attached hydrogens (tertiary/aromatic N) is 1. The molecule has 19 heavy (non-hydrogen) atoms. The Morgan fingerprint density at radius 3 is 2.58 bits per heavy atom. The molecule has 1 heterocycles. The Kier molecular flexibility index (Phi) is 2.77. The molecule has 3 aromatic rings. The number of anilines is 1. The van der Waals surface area contributed by atoms with E-state index in [0.717, 1.165) is 11.1 Å². The number of hydrogen-bond acceptors (Lipinski definition) is 3. The summed E-state index contributed by atoms with van der Waals surface area (Å²) < 4.78 is 0. The van der Waals surface area contributed by atoms with Crippen LogP contribution in [0.5, 0.6) is 5.75 Å². The van der Waals surface area contributed by atoms with Crippen molar-refractivity contribution in [1.82, 2.24) is 9.97 Å². The largest absolute Gasteiger partial charge is 0.506 e. The minimum absolute atomic E-state index is 0.0222. The van der Waals surface area contributed by atoms with Gasteiger partial charge in [-0.1, -0.05) is 23.2 Å². The van der Waals surface area contributed by atoms with E-state index in [1.54, 1.807) is 30.3 Å². The first-order valence-corrected chi connectivity index (χ1v) is 6.24. The molecule has 0 fully saturated rings. The summed E-state index contributed by atoms with van der Waals surface area (Å²) in [7, 11) is 0. The lowest BCUT2D eigenvalue weighted by atomic mass is 10.2. The predicted molar refractivity (Wildman–Crippen MR) is 77.6 cm³/mol. The molecule has 0 saturated heterocycles. The van der Waals surface area contributed by atoms with E-state index in [1.165, 1.54) is 0 Å². The molecule has 0 aliphatic heterocycles. The van der Waals surface area contributed by atoms with E-state index in [4.69, 9.17) is 28.9 Å². The Bertz CT molecular complexity index is 744. The van der Waals surface area contributed by atoms with Crippen molar-refractivity contribution in [3.05, 3.63) is 40.4 Å². The van der Waals surface area contributed by atoms with Gasteiger partial charge in [-0.05, 0) is 30.3 Å². The smallest absolute Gasteiger partial charge is 0.139 e. The number of aromatic nitrogens is 2. The molecule has 96 valence electrons. The van der Waals surface area contributed by atoms with Crippen LogP contribution in [0.1, 0.15) is 0 Å². The maximum absolute atomic E-state index is 9.62. The molecule has 0 atom stereocenters. The molecule has 3 rings (SSSR count). The SMILES string of the molecule is Nc1ccc(-c2nc3cc(Cl)c(Cl)cc3[nH]2)cc1O. The quantitative estimate of drug-likeness (QED) is 0.471. The number of H-pyrrole nitrogens is 1. The minimum atomic E-state index is 0.0222. The summed E-state index contributed by atoms with van der Waals surface area (Å²) in [5.74, 6) is 0.637. The number of benzene rings is 2. The molecule has 0 radical (unpaired) electrons. The van der Waals surface area contributed by atoms with Gasteiger partial charge in [-0.15, -0.1) is 0 Å². The average Bonchev–Trinajstić information content (AvgIpc) is 2.76. The zero-order valence-electron chi connectivity index (χ0n) is 9.61. The Labute approximate surface area is 118 Å². The van der Waals surface area contributed by atoms with Crippen LogP contribution in [0, 0.1) is 0 Å². The summed E-state index contributed by atoms with van der Waals surface area (Å²) >= 11 is 11.9. The maximum Gasteiger partial charge on any atom is 0.139 e. The molecule has 0 bridgehead atoms. The van der Waals surface area contributed by atoms with Gasteiger partial charge in [0, 0.05) is 5.56 Å². The number of nitrogens with one attached hydrogen (secondary N) is 1. The van der Waals surface area contributed by atoms with Crippen LogP contribution in [0.2, 0.25) is 10.0 Å². The van der Waals surface area contributed by atoms with Crippen LogP contribution in [0.15, 0.2) is 30.3 Å². The van der Waals surface area contributed by atoms with Gasteiger partial charge in [0.25, 0.3) is 0 Å². The lowest BCUT2D eigenvalue weighted by Gasteiger charge is -2.00. The van der Waals surface area contributed by atoms with E-state index in [1.807, 2.05) is 0 Å². The van der Waals surface area contributed by atoms with Crippen molar-refractivity contribution >= 4 is 39.9 Å². The molecule has 2 aromatic carbocycles. The molecule has 0 amide bonds. The van der Waals surface area contributed by atoms with Crippen molar-refractivity contribution in [2.24, 2.45) is 0 Å². The molecule has 4 N–H and O–H groups in total. The van der Waals surface area contributed by atoms with Crippen LogP contribution in [0.25, 0.3) is 22.4 Å². The van der Waals surface area contributed by atoms with Gasteiger partial charge in [0.1, 0.15) is 11.6 Å². The Hall–Kier alpha value is -1.91. The van der Waals surface area contributed by atoms with Crippen LogP contribution in [0.3, 0.4) is 0 Å². The normalized spacial score (nSPS) is 11.1. The van der Waals surface area contributed by atoms with Gasteiger partial charge < -0.3 is 15.8 Å². The number of imidazole rings is 1. The molecule has 0 unspecified atom stereocenters. The molecule has 0 spiro atoms. The molecule has 6 heteroatoms. The lowest BCUT2D eigenvalue weighted by molar-refractivity contribution is 0.478. The first kappa shape index (κ1) is 12.1. The maximum atomic E-state index is 9.62. The van der Waals surface area contributed by atoms with E-state index >= 15 is 0 Å². The second-order valence-corrected chi connectivity index (χ2v) is 4.96. The van der Waals surface area contributed by atoms with Crippen molar-refractivity contribution in [1.29, 1.82) is 0 Å². The number of aromatic amines is 1. The number of hydrogen-bond donors (Lipinski definition) is 3. The number of nitrogens with two attached hydrogens (primary N) is 1. The zero-order chi connectivity index (χ0) is 13.6. The van der Waals surface area contributed by atoms with Gasteiger partial charge in [-0.25, -0.2) is 4.98 Å². The third-order valence-corrected chi connectivity index (χ3v) is 3.55. The fourth-order valence-corrected chi connectivity index (χ4v) is 2.15. The van der Waals surface area contributed by atoms with E-state index < -0.39 is 0 Å². The Morgan fingerprint density at radius 1 is 1.11 bits per heavy atom. The molecule has 0 aliphatic rings. The first-order valence-electron chi connectivity index (χ1n) is 5.48. The summed E-state index contributed by atoms with van der Waals surface area (Å²) in [5.41, 5.74) is 8.11. The second kappa shape index (κ2) is 4.33. The molecule has 1 aromatic heterocycles. The van der Waals surface area contributed by atoms with Crippen LogP contribution in [-0.4, -0.2) is 15.1 Å². The van der Waals surface area contributed by atoms with E-state index in [0.29, 0.717) is 27.1 Å². The van der Waals surface area contributed by atoms with E-state index in [-0.39, 0.29) is 5.75 Å². The van der Waals surface area contributed by atoms with Gasteiger partial charge in [0.05, 0.1) is 26.8 Å². The van der Waals surface area contributed by atoms with E-state index in [9.17, 15) is 5.11 Å². The topological polar surface area (TPSA) is 74.9 Å². The standard InChI is InChI=1S/C13H9Cl2N3O/c14-7-4-10-11(5-8(7)15)18-13(17-10)6-1-2-9(16)12(19)3-6/h1-5,19H,16H2,(H,17,18). The molecule has 0 saturated carbocycles. The summed E-state index contributed by atoms with van der Waals surface area (Å²) in [6.45, 7) is 0. The summed E-state index contributed by atoms with van der Waals surface area (Å²) in [5, 5.41) is 10.5. The van der Waals surface area contributed by atoms with Crippen LogP contribution in [0.4, 0.5) is 5.69 Å². The zero-order valence-corrected chi connectivity index (χ0v) is 11.1. The lowest BCUT2D eigenvalue weighted by Crippen LogP contribution is -1.86. The summed E-state index contributed by atoms with van der Waals surface area (Å²) in [6.07, 6.45) is 0. The Balaban J connectivity index is 2.17. The highest BCUT2D eigenvalue weighted by Crippen LogP contribution is 2.30. The van der Waals surface area contributed by atoms with Gasteiger partial charge in [-0.2, -0.15) is 0 Å². The predicted octanol–water partition coefficient (Wildman–Crippen LogP) is 3.82. The second-order valence-electron chi connectivity index (χ2n) is 4.14. The van der Waals surface area contributed by atoms with E-state index in [2.05, 4.69) is 9.97 Å². The van der Waals surface area contributed by atoms with Crippen molar-refractivity contribution in [3.63, 3.8) is 0 Å². The van der Waals surface area contributed by atoms with Crippen LogP contribution in [-0.2, 0) is 0 Å². The van der Waals surface area contributed by atoms with Gasteiger partial charge in [0.15, 0.2) is 0 Å². The summed E-state index contributed by atoms with van der Waals surface area (Å²) in [4.78, 5) is 7.53. The highest BCUT2D eigenvalue weighted by Gasteiger charge is 2.09. The van der Waals surface area contributed by atoms with Crippen LogP contribution >= 0.6 is 23.2 Å². The monoisotopic (exact) mass is 293 g/mol. The highest BCUT2D eigenvalue weighted by atomic mass is 35.5. The molecular formula is C13H9Cl2N3O. The number of halogens is 2.